The highest BCUT2D eigenvalue weighted by molar-refractivity contribution is 5.97. The van der Waals surface area contributed by atoms with E-state index in [4.69, 9.17) is 9.47 Å². The van der Waals surface area contributed by atoms with E-state index in [0.717, 1.165) is 37.6 Å². The van der Waals surface area contributed by atoms with Crippen LogP contribution in [0.4, 0.5) is 5.69 Å². The van der Waals surface area contributed by atoms with Gasteiger partial charge < -0.3 is 19.7 Å². The molecule has 102 valence electrons. The van der Waals surface area contributed by atoms with Gasteiger partial charge in [-0.1, -0.05) is 6.07 Å². The van der Waals surface area contributed by atoms with Crippen molar-refractivity contribution in [3.05, 3.63) is 23.8 Å². The third-order valence-electron chi connectivity index (χ3n) is 3.59. The summed E-state index contributed by atoms with van der Waals surface area (Å²) in [5, 5.41) is 3.43. The van der Waals surface area contributed by atoms with Crippen LogP contribution in [-0.4, -0.2) is 45.4 Å². The molecular formula is C14H18N2O3. The summed E-state index contributed by atoms with van der Waals surface area (Å²) in [4.78, 5) is 13.2. The van der Waals surface area contributed by atoms with Crippen LogP contribution in [0, 0.1) is 0 Å². The number of likely N-dealkylation sites (N-methyl/N-ethyl adjacent to an activating group) is 1. The quantitative estimate of drug-likeness (QED) is 0.846. The SMILES string of the molecule is CN1C(=O)COc2cc(CC3COCCN3)ccc21. The molecule has 0 spiro atoms. The lowest BCUT2D eigenvalue weighted by atomic mass is 10.0. The van der Waals surface area contributed by atoms with Crippen LogP contribution in [0.3, 0.4) is 0 Å². The van der Waals surface area contributed by atoms with Gasteiger partial charge in [-0.2, -0.15) is 0 Å². The van der Waals surface area contributed by atoms with Crippen molar-refractivity contribution in [1.29, 1.82) is 0 Å². The molecule has 19 heavy (non-hydrogen) atoms. The minimum atomic E-state index is -0.0115. The molecule has 2 heterocycles. The van der Waals surface area contributed by atoms with E-state index in [0.29, 0.717) is 6.04 Å². The first-order valence-electron chi connectivity index (χ1n) is 6.57. The Hall–Kier alpha value is -1.59. The van der Waals surface area contributed by atoms with Gasteiger partial charge in [-0.3, -0.25) is 4.79 Å². The number of amides is 1. The standard InChI is InChI=1S/C14H18N2O3/c1-16-12-3-2-10(6-11-8-18-5-4-15-11)7-13(12)19-9-14(16)17/h2-3,7,11,15H,4-6,8-9H2,1H3. The summed E-state index contributed by atoms with van der Waals surface area (Å²) < 4.78 is 10.9. The Kier molecular flexibility index (Phi) is 3.40. The van der Waals surface area contributed by atoms with Crippen LogP contribution in [0.5, 0.6) is 5.75 Å². The lowest BCUT2D eigenvalue weighted by Gasteiger charge is -2.27. The lowest BCUT2D eigenvalue weighted by molar-refractivity contribution is -0.120. The number of fused-ring (bicyclic) bond motifs is 1. The van der Waals surface area contributed by atoms with Gasteiger partial charge in [0.25, 0.3) is 5.91 Å². The van der Waals surface area contributed by atoms with Gasteiger partial charge in [0.15, 0.2) is 6.61 Å². The van der Waals surface area contributed by atoms with Crippen molar-refractivity contribution in [1.82, 2.24) is 5.32 Å². The first kappa shape index (κ1) is 12.4. The number of ether oxygens (including phenoxy) is 2. The highest BCUT2D eigenvalue weighted by Gasteiger charge is 2.22. The molecule has 0 bridgehead atoms. The van der Waals surface area contributed by atoms with Gasteiger partial charge in [-0.15, -0.1) is 0 Å². The predicted molar refractivity (Wildman–Crippen MR) is 71.7 cm³/mol. The molecule has 0 saturated carbocycles. The molecule has 1 aromatic rings. The van der Waals surface area contributed by atoms with Crippen molar-refractivity contribution in [2.75, 3.05) is 38.3 Å². The molecule has 1 saturated heterocycles. The van der Waals surface area contributed by atoms with E-state index in [9.17, 15) is 4.79 Å². The predicted octanol–water partition coefficient (Wildman–Crippen LogP) is 0.573. The van der Waals surface area contributed by atoms with Gasteiger partial charge in [-0.25, -0.2) is 0 Å². The molecule has 2 aliphatic heterocycles. The first-order valence-corrected chi connectivity index (χ1v) is 6.57. The highest BCUT2D eigenvalue weighted by atomic mass is 16.5. The smallest absolute Gasteiger partial charge is 0.264 e. The van der Waals surface area contributed by atoms with E-state index in [-0.39, 0.29) is 12.5 Å². The Morgan fingerprint density at radius 1 is 1.47 bits per heavy atom. The van der Waals surface area contributed by atoms with Crippen molar-refractivity contribution in [3.63, 3.8) is 0 Å². The summed E-state index contributed by atoms with van der Waals surface area (Å²) >= 11 is 0. The summed E-state index contributed by atoms with van der Waals surface area (Å²) in [6.07, 6.45) is 0.911. The number of carbonyl (C=O) groups excluding carboxylic acids is 1. The molecule has 1 unspecified atom stereocenters. The zero-order valence-corrected chi connectivity index (χ0v) is 11.0. The average molecular weight is 262 g/mol. The fourth-order valence-corrected chi connectivity index (χ4v) is 2.48. The molecule has 5 heteroatoms. The number of nitrogens with one attached hydrogen (secondary N) is 1. The monoisotopic (exact) mass is 262 g/mol. The molecule has 2 aliphatic rings. The van der Waals surface area contributed by atoms with Gasteiger partial charge in [0.2, 0.25) is 0 Å². The zero-order chi connectivity index (χ0) is 13.2. The van der Waals surface area contributed by atoms with Crippen LogP contribution >= 0.6 is 0 Å². The molecule has 3 rings (SSSR count). The van der Waals surface area contributed by atoms with E-state index in [2.05, 4.69) is 5.32 Å². The molecular weight excluding hydrogens is 244 g/mol. The lowest BCUT2D eigenvalue weighted by Crippen LogP contribution is -2.42. The largest absolute Gasteiger partial charge is 0.482 e. The normalized spacial score (nSPS) is 22.9. The van der Waals surface area contributed by atoms with Gasteiger partial charge >= 0.3 is 0 Å². The molecule has 1 fully saturated rings. The summed E-state index contributed by atoms with van der Waals surface area (Å²) in [5.41, 5.74) is 2.04. The summed E-state index contributed by atoms with van der Waals surface area (Å²) in [6.45, 7) is 2.56. The third-order valence-corrected chi connectivity index (χ3v) is 3.59. The minimum Gasteiger partial charge on any atom is -0.482 e. The fourth-order valence-electron chi connectivity index (χ4n) is 2.48. The Morgan fingerprint density at radius 2 is 2.37 bits per heavy atom. The Morgan fingerprint density at radius 3 is 3.16 bits per heavy atom. The Labute approximate surface area is 112 Å². The number of anilines is 1. The first-order chi connectivity index (χ1) is 9.24. The molecule has 1 aromatic carbocycles. The second-order valence-electron chi connectivity index (χ2n) is 4.97. The van der Waals surface area contributed by atoms with Crippen molar-refractivity contribution in [3.8, 4) is 5.75 Å². The maximum Gasteiger partial charge on any atom is 0.264 e. The summed E-state index contributed by atoms with van der Waals surface area (Å²) in [7, 11) is 1.78. The van der Waals surface area contributed by atoms with E-state index < -0.39 is 0 Å². The molecule has 1 N–H and O–H groups in total. The molecule has 1 atom stereocenters. The fraction of sp³-hybridized carbons (Fsp3) is 0.500. The van der Waals surface area contributed by atoms with Crippen LogP contribution in [0.25, 0.3) is 0 Å². The average Bonchev–Trinajstić information content (AvgIpc) is 2.44. The highest BCUT2D eigenvalue weighted by Crippen LogP contribution is 2.32. The van der Waals surface area contributed by atoms with Gasteiger partial charge in [-0.05, 0) is 24.1 Å². The molecule has 0 radical (unpaired) electrons. The number of carbonyl (C=O) groups is 1. The van der Waals surface area contributed by atoms with E-state index in [1.54, 1.807) is 11.9 Å². The second kappa shape index (κ2) is 5.19. The number of hydrogen-bond donors (Lipinski definition) is 1. The number of morpholine rings is 1. The van der Waals surface area contributed by atoms with E-state index in [1.807, 2.05) is 18.2 Å². The van der Waals surface area contributed by atoms with Crippen LogP contribution in [-0.2, 0) is 16.0 Å². The molecule has 0 aliphatic carbocycles. The number of benzene rings is 1. The molecule has 0 aromatic heterocycles. The van der Waals surface area contributed by atoms with E-state index in [1.165, 1.54) is 5.56 Å². The Bertz CT molecular complexity index is 484. The van der Waals surface area contributed by atoms with Crippen LogP contribution < -0.4 is 15.0 Å². The third kappa shape index (κ3) is 2.57. The van der Waals surface area contributed by atoms with Crippen LogP contribution in [0.15, 0.2) is 18.2 Å². The molecule has 1 amide bonds. The zero-order valence-electron chi connectivity index (χ0n) is 11.0. The summed E-state index contributed by atoms with van der Waals surface area (Å²) in [5.74, 6) is 0.777. The van der Waals surface area contributed by atoms with Crippen LogP contribution in [0.2, 0.25) is 0 Å². The van der Waals surface area contributed by atoms with Crippen LogP contribution in [0.1, 0.15) is 5.56 Å². The van der Waals surface area contributed by atoms with Gasteiger partial charge in [0.05, 0.1) is 18.9 Å². The van der Waals surface area contributed by atoms with Crippen molar-refractivity contribution < 1.29 is 14.3 Å². The van der Waals surface area contributed by atoms with Gasteiger partial charge in [0.1, 0.15) is 5.75 Å². The number of nitrogens with zero attached hydrogens (tertiary/aromatic N) is 1. The topological polar surface area (TPSA) is 50.8 Å². The summed E-state index contributed by atoms with van der Waals surface area (Å²) in [6, 6.07) is 6.38. The Balaban J connectivity index is 1.76. The van der Waals surface area contributed by atoms with Gasteiger partial charge in [0, 0.05) is 19.6 Å². The second-order valence-corrected chi connectivity index (χ2v) is 4.97. The molecule has 5 nitrogen and oxygen atoms in total. The van der Waals surface area contributed by atoms with Crippen molar-refractivity contribution in [2.45, 2.75) is 12.5 Å². The van der Waals surface area contributed by atoms with E-state index >= 15 is 0 Å². The number of rotatable bonds is 2. The number of hydrogen-bond acceptors (Lipinski definition) is 4. The maximum absolute atomic E-state index is 11.5. The van der Waals surface area contributed by atoms with Crippen molar-refractivity contribution in [2.24, 2.45) is 0 Å². The maximum atomic E-state index is 11.5. The minimum absolute atomic E-state index is 0.0115. The van der Waals surface area contributed by atoms with Crippen molar-refractivity contribution >= 4 is 11.6 Å².